The van der Waals surface area contributed by atoms with Crippen LogP contribution in [0.15, 0.2) is 69.0 Å². The van der Waals surface area contributed by atoms with Gasteiger partial charge in [-0.05, 0) is 42.0 Å². The minimum absolute atomic E-state index is 0.514. The van der Waals surface area contributed by atoms with E-state index in [0.29, 0.717) is 33.9 Å². The van der Waals surface area contributed by atoms with Gasteiger partial charge in [0.25, 0.3) is 0 Å². The van der Waals surface area contributed by atoms with Gasteiger partial charge in [0.15, 0.2) is 10.9 Å². The molecule has 0 aliphatic carbocycles. The van der Waals surface area contributed by atoms with Gasteiger partial charge in [-0.2, -0.15) is 0 Å². The van der Waals surface area contributed by atoms with E-state index in [1.54, 1.807) is 30.4 Å². The highest BCUT2D eigenvalue weighted by molar-refractivity contribution is 7.98. The van der Waals surface area contributed by atoms with Crippen LogP contribution in [-0.4, -0.2) is 14.8 Å². The van der Waals surface area contributed by atoms with E-state index >= 15 is 0 Å². The Kier molecular flexibility index (Phi) is 5.06. The number of furan rings is 2. The van der Waals surface area contributed by atoms with Crippen LogP contribution in [0, 0.1) is 0 Å². The Bertz CT molecular complexity index is 998. The van der Waals surface area contributed by atoms with Crippen LogP contribution in [-0.2, 0) is 12.3 Å². The van der Waals surface area contributed by atoms with Crippen LogP contribution in [0.2, 0.25) is 10.0 Å². The average Bonchev–Trinajstić information content (AvgIpc) is 3.38. The number of nitrogens with zero attached hydrogens (tertiary/aromatic N) is 3. The van der Waals surface area contributed by atoms with E-state index in [1.165, 1.54) is 0 Å². The zero-order valence-corrected chi connectivity index (χ0v) is 15.8. The number of thioether (sulfide) groups is 1. The van der Waals surface area contributed by atoms with E-state index in [2.05, 4.69) is 10.2 Å². The van der Waals surface area contributed by atoms with Gasteiger partial charge < -0.3 is 8.83 Å². The number of benzene rings is 1. The minimum Gasteiger partial charge on any atom is -0.467 e. The van der Waals surface area contributed by atoms with Crippen molar-refractivity contribution in [2.24, 2.45) is 0 Å². The maximum atomic E-state index is 6.09. The van der Waals surface area contributed by atoms with Crippen LogP contribution in [0.25, 0.3) is 11.6 Å². The molecule has 26 heavy (non-hydrogen) atoms. The van der Waals surface area contributed by atoms with E-state index in [1.807, 2.05) is 41.0 Å². The molecule has 0 aliphatic rings. The first-order chi connectivity index (χ1) is 12.7. The summed E-state index contributed by atoms with van der Waals surface area (Å²) >= 11 is 13.6. The zero-order chi connectivity index (χ0) is 17.9. The van der Waals surface area contributed by atoms with E-state index in [0.717, 1.165) is 16.5 Å². The molecule has 0 N–H and O–H groups in total. The predicted molar refractivity (Wildman–Crippen MR) is 102 cm³/mol. The van der Waals surface area contributed by atoms with Crippen LogP contribution < -0.4 is 0 Å². The van der Waals surface area contributed by atoms with Gasteiger partial charge in [-0.3, -0.25) is 4.57 Å². The fourth-order valence-corrected chi connectivity index (χ4v) is 3.66. The highest BCUT2D eigenvalue weighted by Gasteiger charge is 2.17. The molecule has 0 saturated carbocycles. The third-order valence-corrected chi connectivity index (χ3v) is 5.48. The lowest BCUT2D eigenvalue weighted by Gasteiger charge is -2.08. The van der Waals surface area contributed by atoms with Crippen LogP contribution in [0.3, 0.4) is 0 Å². The SMILES string of the molecule is Clc1ccc(CSc2nnc(-c3ccco3)n2Cc2ccco2)cc1Cl. The third kappa shape index (κ3) is 3.67. The van der Waals surface area contributed by atoms with E-state index in [9.17, 15) is 0 Å². The fraction of sp³-hybridized carbons (Fsp3) is 0.111. The molecule has 0 aliphatic heterocycles. The molecule has 4 rings (SSSR count). The minimum atomic E-state index is 0.514. The molecule has 3 heterocycles. The molecule has 8 heteroatoms. The van der Waals surface area contributed by atoms with Crippen molar-refractivity contribution < 1.29 is 8.83 Å². The summed E-state index contributed by atoms with van der Waals surface area (Å²) in [6.07, 6.45) is 3.26. The molecule has 0 saturated heterocycles. The number of hydrogen-bond acceptors (Lipinski definition) is 5. The maximum absolute atomic E-state index is 6.09. The summed E-state index contributed by atoms with van der Waals surface area (Å²) in [5.41, 5.74) is 1.05. The molecule has 0 fully saturated rings. The molecular formula is C18H13Cl2N3O2S. The second-order valence-electron chi connectivity index (χ2n) is 5.49. The van der Waals surface area contributed by atoms with Gasteiger partial charge in [0.2, 0.25) is 5.82 Å². The Balaban J connectivity index is 1.61. The molecule has 0 atom stereocenters. The van der Waals surface area contributed by atoms with Crippen LogP contribution in [0.1, 0.15) is 11.3 Å². The first-order valence-corrected chi connectivity index (χ1v) is 9.51. The van der Waals surface area contributed by atoms with Crippen molar-refractivity contribution in [3.8, 4) is 11.6 Å². The first kappa shape index (κ1) is 17.3. The van der Waals surface area contributed by atoms with Crippen molar-refractivity contribution in [2.45, 2.75) is 17.5 Å². The summed E-state index contributed by atoms with van der Waals surface area (Å²) in [6.45, 7) is 0.514. The van der Waals surface area contributed by atoms with Gasteiger partial charge >= 0.3 is 0 Å². The zero-order valence-electron chi connectivity index (χ0n) is 13.4. The Morgan fingerprint density at radius 2 is 1.81 bits per heavy atom. The summed E-state index contributed by atoms with van der Waals surface area (Å²) in [7, 11) is 0. The summed E-state index contributed by atoms with van der Waals surface area (Å²) in [5, 5.41) is 10.5. The van der Waals surface area contributed by atoms with Crippen molar-refractivity contribution >= 4 is 35.0 Å². The van der Waals surface area contributed by atoms with Crippen molar-refractivity contribution in [3.05, 3.63) is 76.4 Å². The van der Waals surface area contributed by atoms with Gasteiger partial charge in [-0.25, -0.2) is 0 Å². The summed E-state index contributed by atoms with van der Waals surface area (Å²) in [5.74, 6) is 2.81. The molecule has 0 spiro atoms. The number of halogens is 2. The second kappa shape index (κ2) is 7.61. The topological polar surface area (TPSA) is 57.0 Å². The highest BCUT2D eigenvalue weighted by Crippen LogP contribution is 2.30. The average molecular weight is 406 g/mol. The Labute approximate surface area is 163 Å². The highest BCUT2D eigenvalue weighted by atomic mass is 35.5. The molecule has 3 aromatic heterocycles. The first-order valence-electron chi connectivity index (χ1n) is 7.77. The van der Waals surface area contributed by atoms with E-state index in [4.69, 9.17) is 32.0 Å². The molecule has 4 aromatic rings. The Morgan fingerprint density at radius 1 is 0.962 bits per heavy atom. The number of aromatic nitrogens is 3. The van der Waals surface area contributed by atoms with Gasteiger partial charge in [0, 0.05) is 5.75 Å². The number of rotatable bonds is 6. The van der Waals surface area contributed by atoms with Gasteiger partial charge in [-0.15, -0.1) is 10.2 Å². The molecule has 1 aromatic carbocycles. The van der Waals surface area contributed by atoms with Crippen molar-refractivity contribution in [1.29, 1.82) is 0 Å². The molecule has 132 valence electrons. The van der Waals surface area contributed by atoms with Crippen molar-refractivity contribution in [1.82, 2.24) is 14.8 Å². The smallest absolute Gasteiger partial charge is 0.200 e. The summed E-state index contributed by atoms with van der Waals surface area (Å²) in [6, 6.07) is 13.1. The van der Waals surface area contributed by atoms with E-state index < -0.39 is 0 Å². The normalized spacial score (nSPS) is 11.2. The van der Waals surface area contributed by atoms with Crippen LogP contribution in [0.5, 0.6) is 0 Å². The largest absolute Gasteiger partial charge is 0.467 e. The lowest BCUT2D eigenvalue weighted by atomic mass is 10.2. The molecule has 0 amide bonds. The Morgan fingerprint density at radius 3 is 2.54 bits per heavy atom. The Hall–Kier alpha value is -2.15. The van der Waals surface area contributed by atoms with Crippen molar-refractivity contribution in [3.63, 3.8) is 0 Å². The maximum Gasteiger partial charge on any atom is 0.200 e. The summed E-state index contributed by atoms with van der Waals surface area (Å²) < 4.78 is 12.9. The van der Waals surface area contributed by atoms with Crippen molar-refractivity contribution in [2.75, 3.05) is 0 Å². The fourth-order valence-electron chi connectivity index (χ4n) is 2.46. The molecule has 0 bridgehead atoms. The lowest BCUT2D eigenvalue weighted by Crippen LogP contribution is -2.03. The van der Waals surface area contributed by atoms with Crippen LogP contribution >= 0.6 is 35.0 Å². The van der Waals surface area contributed by atoms with Gasteiger partial charge in [0.05, 0.1) is 29.1 Å². The standard InChI is InChI=1S/C18H13Cl2N3O2S/c19-14-6-5-12(9-15(14)20)11-26-18-22-21-17(16-4-2-8-25-16)23(18)10-13-3-1-7-24-13/h1-9H,10-11H2. The predicted octanol–water partition coefficient (Wildman–Crippen LogP) is 5.78. The molecular weight excluding hydrogens is 393 g/mol. The third-order valence-electron chi connectivity index (χ3n) is 3.70. The number of hydrogen-bond donors (Lipinski definition) is 0. The quantitative estimate of drug-likeness (QED) is 0.380. The lowest BCUT2D eigenvalue weighted by molar-refractivity contribution is 0.482. The summed E-state index contributed by atoms with van der Waals surface area (Å²) in [4.78, 5) is 0. The van der Waals surface area contributed by atoms with Crippen LogP contribution in [0.4, 0.5) is 0 Å². The monoisotopic (exact) mass is 405 g/mol. The molecule has 0 radical (unpaired) electrons. The van der Waals surface area contributed by atoms with Gasteiger partial charge in [-0.1, -0.05) is 41.0 Å². The molecule has 0 unspecified atom stereocenters. The second-order valence-corrected chi connectivity index (χ2v) is 7.24. The van der Waals surface area contributed by atoms with Gasteiger partial charge in [0.1, 0.15) is 5.76 Å². The molecule has 5 nitrogen and oxygen atoms in total. The van der Waals surface area contributed by atoms with E-state index in [-0.39, 0.29) is 0 Å².